The Hall–Kier alpha value is -2.98. The van der Waals surface area contributed by atoms with Crippen molar-refractivity contribution >= 4 is 23.2 Å². The van der Waals surface area contributed by atoms with Crippen LogP contribution in [-0.2, 0) is 0 Å². The highest BCUT2D eigenvalue weighted by molar-refractivity contribution is 6.30. The van der Waals surface area contributed by atoms with Crippen LogP contribution in [-0.4, -0.2) is 16.1 Å². The first-order chi connectivity index (χ1) is 11.6. The van der Waals surface area contributed by atoms with Gasteiger partial charge in [0, 0.05) is 33.6 Å². The van der Waals surface area contributed by atoms with Crippen molar-refractivity contribution in [3.05, 3.63) is 93.6 Å². The van der Waals surface area contributed by atoms with E-state index in [4.69, 9.17) is 17.0 Å². The van der Waals surface area contributed by atoms with Gasteiger partial charge in [0.05, 0.1) is 5.56 Å². The summed E-state index contributed by atoms with van der Waals surface area (Å²) in [6, 6.07) is 15.2. The number of hydrogen-bond acceptors (Lipinski definition) is 3. The number of hydrogen-bond donors (Lipinski definition) is 1. The zero-order valence-corrected chi connectivity index (χ0v) is 13.2. The Kier molecular flexibility index (Phi) is 3.22. The maximum absolute atomic E-state index is 12.8. The van der Waals surface area contributed by atoms with Crippen molar-refractivity contribution in [2.24, 2.45) is 0 Å². The number of benzene rings is 2. The highest BCUT2D eigenvalue weighted by atomic mass is 35.5. The van der Waals surface area contributed by atoms with Gasteiger partial charge >= 0.3 is 0 Å². The van der Waals surface area contributed by atoms with Crippen LogP contribution in [0.5, 0.6) is 0 Å². The number of halogens is 1. The molecule has 1 aliphatic carbocycles. The first-order valence-electron chi connectivity index (χ1n) is 7.32. The fraction of sp³-hybridized carbons (Fsp3) is 0. The fourth-order valence-electron chi connectivity index (χ4n) is 2.91. The monoisotopic (exact) mass is 334 g/mol. The number of rotatable bonds is 1. The third kappa shape index (κ3) is 2.12. The number of pyridine rings is 1. The highest BCUT2D eigenvalue weighted by Crippen LogP contribution is 2.26. The zero-order valence-electron chi connectivity index (χ0n) is 12.4. The van der Waals surface area contributed by atoms with E-state index in [0.29, 0.717) is 27.4 Å². The lowest BCUT2D eigenvalue weighted by Gasteiger charge is -2.19. The first kappa shape index (κ1) is 14.6. The molecule has 2 aromatic carbocycles. The van der Waals surface area contributed by atoms with Crippen molar-refractivity contribution in [3.63, 3.8) is 0 Å². The van der Waals surface area contributed by atoms with Crippen LogP contribution in [0.2, 0.25) is 5.02 Å². The molecule has 1 aliphatic rings. The molecule has 0 saturated heterocycles. The van der Waals surface area contributed by atoms with Crippen LogP contribution in [0.4, 0.5) is 0 Å². The third-order valence-corrected chi connectivity index (χ3v) is 4.35. The lowest BCUT2D eigenvalue weighted by atomic mass is 9.85. The molecule has 3 aromatic rings. The quantitative estimate of drug-likeness (QED) is 0.580. The second kappa shape index (κ2) is 5.28. The van der Waals surface area contributed by atoms with Gasteiger partial charge in [0.2, 0.25) is 0 Å². The van der Waals surface area contributed by atoms with E-state index in [2.05, 4.69) is 0 Å². The van der Waals surface area contributed by atoms with Gasteiger partial charge in [-0.05, 0) is 30.3 Å². The Balaban J connectivity index is 1.95. The summed E-state index contributed by atoms with van der Waals surface area (Å²) in [5.41, 5.74) is 2.19. The van der Waals surface area contributed by atoms with Crippen molar-refractivity contribution in [2.75, 3.05) is 0 Å². The van der Waals surface area contributed by atoms with E-state index in [1.54, 1.807) is 59.3 Å². The van der Waals surface area contributed by atoms with E-state index in [-0.39, 0.29) is 22.6 Å². The van der Waals surface area contributed by atoms with Gasteiger partial charge in [-0.2, -0.15) is 0 Å². The molecule has 1 heterocycles. The zero-order chi connectivity index (χ0) is 16.8. The van der Waals surface area contributed by atoms with Crippen LogP contribution in [0.15, 0.2) is 60.8 Å². The molecule has 0 radical (unpaired) electrons. The number of nitrogens with one attached hydrogen (secondary N) is 1. The Morgan fingerprint density at radius 2 is 1.38 bits per heavy atom. The molecule has 5 heteroatoms. The van der Waals surface area contributed by atoms with Crippen LogP contribution < -0.4 is 5.49 Å². The minimum atomic E-state index is -0.225. The molecular formula is C19H11ClN2O2. The van der Waals surface area contributed by atoms with E-state index in [9.17, 15) is 9.59 Å². The molecule has 0 atom stereocenters. The molecule has 1 aromatic heterocycles. The second-order valence-electron chi connectivity index (χ2n) is 5.54. The molecule has 0 aliphatic heterocycles. The maximum Gasteiger partial charge on any atom is 0.196 e. The highest BCUT2D eigenvalue weighted by Gasteiger charge is 2.30. The Bertz CT molecular complexity index is 1070. The Morgan fingerprint density at radius 3 is 2.00 bits per heavy atom. The number of carbonyl (C=O) groups is 2. The minimum Gasteiger partial charge on any atom is -0.302 e. The summed E-state index contributed by atoms with van der Waals surface area (Å²) < 4.78 is 1.56. The first-order valence-corrected chi connectivity index (χ1v) is 7.70. The van der Waals surface area contributed by atoms with Crippen molar-refractivity contribution in [2.45, 2.75) is 0 Å². The Labute approximate surface area is 142 Å². The Morgan fingerprint density at radius 1 is 0.792 bits per heavy atom. The second-order valence-corrected chi connectivity index (χ2v) is 5.97. The van der Waals surface area contributed by atoms with Gasteiger partial charge in [0.25, 0.3) is 0 Å². The molecule has 0 spiro atoms. The molecule has 0 bridgehead atoms. The van der Waals surface area contributed by atoms with Crippen molar-refractivity contribution < 1.29 is 9.59 Å². The average molecular weight is 335 g/mol. The van der Waals surface area contributed by atoms with Gasteiger partial charge in [0.1, 0.15) is 5.49 Å². The molecule has 24 heavy (non-hydrogen) atoms. The summed E-state index contributed by atoms with van der Waals surface area (Å²) in [5.74, 6) is -0.431. The van der Waals surface area contributed by atoms with Gasteiger partial charge < -0.3 is 4.57 Å². The van der Waals surface area contributed by atoms with Gasteiger partial charge in [-0.1, -0.05) is 35.9 Å². The van der Waals surface area contributed by atoms with E-state index < -0.39 is 0 Å². The molecule has 0 unspecified atom stereocenters. The smallest absolute Gasteiger partial charge is 0.196 e. The molecule has 0 amide bonds. The van der Waals surface area contributed by atoms with E-state index in [1.165, 1.54) is 6.07 Å². The summed E-state index contributed by atoms with van der Waals surface area (Å²) in [5, 5.41) is 8.80. The standard InChI is InChI=1S/C19H11ClN2O2/c20-11-5-7-12(8-6-11)22-10-16-15(9-17(22)21)18(23)13-3-1-2-4-14(13)19(16)24/h1-10,21H. The molecule has 0 saturated carbocycles. The number of nitrogens with zero attached hydrogens (tertiary/aromatic N) is 1. The van der Waals surface area contributed by atoms with Crippen LogP contribution in [0.25, 0.3) is 5.69 Å². The molecule has 116 valence electrons. The fourth-order valence-corrected chi connectivity index (χ4v) is 3.03. The average Bonchev–Trinajstić information content (AvgIpc) is 2.60. The van der Waals surface area contributed by atoms with Crippen LogP contribution in [0.3, 0.4) is 0 Å². The van der Waals surface area contributed by atoms with E-state index in [0.717, 1.165) is 0 Å². The van der Waals surface area contributed by atoms with Gasteiger partial charge in [-0.3, -0.25) is 15.0 Å². The summed E-state index contributed by atoms with van der Waals surface area (Å²) >= 11 is 5.90. The van der Waals surface area contributed by atoms with Crippen LogP contribution in [0.1, 0.15) is 31.8 Å². The van der Waals surface area contributed by atoms with Crippen molar-refractivity contribution in [3.8, 4) is 5.69 Å². The molecule has 0 fully saturated rings. The summed E-state index contributed by atoms with van der Waals surface area (Å²) in [4.78, 5) is 25.4. The number of fused-ring (bicyclic) bond motifs is 2. The number of carbonyl (C=O) groups excluding carboxylic acids is 2. The minimum absolute atomic E-state index is 0.122. The summed E-state index contributed by atoms with van der Waals surface area (Å²) in [6.07, 6.45) is 1.55. The lowest BCUT2D eigenvalue weighted by Crippen LogP contribution is -2.27. The predicted molar refractivity (Wildman–Crippen MR) is 89.9 cm³/mol. The molecular weight excluding hydrogens is 324 g/mol. The summed E-state index contributed by atoms with van der Waals surface area (Å²) in [7, 11) is 0. The van der Waals surface area contributed by atoms with Crippen molar-refractivity contribution in [1.82, 2.24) is 4.57 Å². The van der Waals surface area contributed by atoms with Crippen molar-refractivity contribution in [1.29, 1.82) is 5.41 Å². The van der Waals surface area contributed by atoms with Gasteiger partial charge in [-0.25, -0.2) is 0 Å². The van der Waals surface area contributed by atoms with E-state index >= 15 is 0 Å². The third-order valence-electron chi connectivity index (χ3n) is 4.10. The van der Waals surface area contributed by atoms with Gasteiger partial charge in [0.15, 0.2) is 11.6 Å². The van der Waals surface area contributed by atoms with Crippen LogP contribution in [0, 0.1) is 5.41 Å². The number of ketones is 2. The maximum atomic E-state index is 12.8. The summed E-state index contributed by atoms with van der Waals surface area (Å²) in [6.45, 7) is 0. The molecule has 4 nitrogen and oxygen atoms in total. The largest absolute Gasteiger partial charge is 0.302 e. The topological polar surface area (TPSA) is 62.9 Å². The van der Waals surface area contributed by atoms with E-state index in [1.807, 2.05) is 0 Å². The lowest BCUT2D eigenvalue weighted by molar-refractivity contribution is 0.0978. The number of aromatic nitrogens is 1. The van der Waals surface area contributed by atoms with Gasteiger partial charge in [-0.15, -0.1) is 0 Å². The molecule has 4 rings (SSSR count). The normalized spacial score (nSPS) is 12.7. The van der Waals surface area contributed by atoms with Crippen LogP contribution >= 0.6 is 11.6 Å². The predicted octanol–water partition coefficient (Wildman–Crippen LogP) is 3.39. The molecule has 1 N–H and O–H groups in total. The SMILES string of the molecule is N=c1cc2c(cn1-c1ccc(Cl)cc1)C(=O)c1ccccc1C2=O.